The maximum atomic E-state index is 5.88. The van der Waals surface area contributed by atoms with Crippen LogP contribution in [0.15, 0.2) is 30.3 Å². The quantitative estimate of drug-likeness (QED) is 0.885. The van der Waals surface area contributed by atoms with Gasteiger partial charge in [-0.1, -0.05) is 46.8 Å². The normalized spacial score (nSPS) is 11.7. The number of benzene rings is 1. The highest BCUT2D eigenvalue weighted by Gasteiger charge is 2.18. The van der Waals surface area contributed by atoms with Crippen LogP contribution in [-0.2, 0) is 5.41 Å². The molecule has 112 valence electrons. The minimum atomic E-state index is -0.132. The molecule has 0 unspecified atom stereocenters. The van der Waals surface area contributed by atoms with Gasteiger partial charge in [0.1, 0.15) is 17.5 Å². The van der Waals surface area contributed by atoms with Crippen molar-refractivity contribution in [2.45, 2.75) is 46.0 Å². The van der Waals surface area contributed by atoms with E-state index in [1.807, 2.05) is 0 Å². The average molecular weight is 284 g/mol. The number of aromatic nitrogens is 2. The maximum Gasteiger partial charge on any atom is 0.138 e. The van der Waals surface area contributed by atoms with Gasteiger partial charge in [0.2, 0.25) is 0 Å². The van der Waals surface area contributed by atoms with Crippen LogP contribution in [0.4, 0.5) is 17.3 Å². The van der Waals surface area contributed by atoms with E-state index in [4.69, 9.17) is 5.73 Å². The van der Waals surface area contributed by atoms with Gasteiger partial charge in [0.15, 0.2) is 0 Å². The molecule has 4 heteroatoms. The zero-order valence-corrected chi connectivity index (χ0v) is 13.4. The highest BCUT2D eigenvalue weighted by Crippen LogP contribution is 2.24. The van der Waals surface area contributed by atoms with Gasteiger partial charge in [-0.3, -0.25) is 0 Å². The molecule has 0 aliphatic heterocycles. The van der Waals surface area contributed by atoms with E-state index in [0.29, 0.717) is 11.7 Å². The molecule has 3 N–H and O–H groups in total. The summed E-state index contributed by atoms with van der Waals surface area (Å²) in [5.41, 5.74) is 8.07. The topological polar surface area (TPSA) is 63.8 Å². The molecule has 0 saturated carbocycles. The lowest BCUT2D eigenvalue weighted by atomic mass is 9.96. The van der Waals surface area contributed by atoms with Crippen LogP contribution >= 0.6 is 0 Å². The van der Waals surface area contributed by atoms with Crippen molar-refractivity contribution in [1.29, 1.82) is 0 Å². The second kappa shape index (κ2) is 5.72. The zero-order chi connectivity index (χ0) is 15.6. The van der Waals surface area contributed by atoms with E-state index < -0.39 is 0 Å². The Morgan fingerprint density at radius 2 is 1.67 bits per heavy atom. The first-order valence-electron chi connectivity index (χ1n) is 7.28. The van der Waals surface area contributed by atoms with Crippen molar-refractivity contribution in [3.05, 3.63) is 41.7 Å². The fourth-order valence-corrected chi connectivity index (χ4v) is 1.96. The smallest absolute Gasteiger partial charge is 0.138 e. The van der Waals surface area contributed by atoms with Gasteiger partial charge in [-0.15, -0.1) is 0 Å². The molecule has 0 fully saturated rings. The van der Waals surface area contributed by atoms with Crippen molar-refractivity contribution < 1.29 is 0 Å². The molecule has 4 nitrogen and oxygen atoms in total. The molecule has 0 radical (unpaired) electrons. The van der Waals surface area contributed by atoms with Crippen LogP contribution in [0, 0.1) is 0 Å². The minimum absolute atomic E-state index is 0.132. The molecule has 0 amide bonds. The van der Waals surface area contributed by atoms with Gasteiger partial charge in [-0.25, -0.2) is 9.97 Å². The Balaban J connectivity index is 2.25. The summed E-state index contributed by atoms with van der Waals surface area (Å²) in [5.74, 6) is 2.48. The van der Waals surface area contributed by atoms with Gasteiger partial charge >= 0.3 is 0 Å². The Morgan fingerprint density at radius 3 is 2.19 bits per heavy atom. The Bertz CT molecular complexity index is 610. The molecule has 2 aromatic rings. The van der Waals surface area contributed by atoms with Gasteiger partial charge in [-0.05, 0) is 23.6 Å². The van der Waals surface area contributed by atoms with Gasteiger partial charge in [-0.2, -0.15) is 0 Å². The first kappa shape index (κ1) is 15.3. The fourth-order valence-electron chi connectivity index (χ4n) is 1.96. The summed E-state index contributed by atoms with van der Waals surface area (Å²) in [4.78, 5) is 8.87. The number of anilines is 3. The molecule has 2 rings (SSSR count). The third-order valence-corrected chi connectivity index (χ3v) is 3.27. The molecule has 0 bridgehead atoms. The highest BCUT2D eigenvalue weighted by atomic mass is 15.1. The van der Waals surface area contributed by atoms with E-state index in [-0.39, 0.29) is 5.41 Å². The minimum Gasteiger partial charge on any atom is -0.384 e. The van der Waals surface area contributed by atoms with Gasteiger partial charge in [0.05, 0.1) is 0 Å². The molecule has 0 aliphatic rings. The zero-order valence-electron chi connectivity index (χ0n) is 13.4. The van der Waals surface area contributed by atoms with Crippen molar-refractivity contribution in [1.82, 2.24) is 9.97 Å². The number of rotatable bonds is 3. The molecule has 0 atom stereocenters. The van der Waals surface area contributed by atoms with E-state index in [1.54, 1.807) is 6.07 Å². The molecule has 1 heterocycles. The molecule has 0 spiro atoms. The van der Waals surface area contributed by atoms with Gasteiger partial charge in [0.25, 0.3) is 0 Å². The second-order valence-corrected chi connectivity index (χ2v) is 6.65. The molecule has 0 saturated heterocycles. The molecular formula is C17H24N4. The van der Waals surface area contributed by atoms with E-state index in [2.05, 4.69) is 74.2 Å². The van der Waals surface area contributed by atoms with Crippen LogP contribution in [0.5, 0.6) is 0 Å². The monoisotopic (exact) mass is 284 g/mol. The Labute approximate surface area is 126 Å². The molecular weight excluding hydrogens is 260 g/mol. The molecule has 0 aliphatic carbocycles. The van der Waals surface area contributed by atoms with Crippen LogP contribution in [0.1, 0.15) is 51.9 Å². The summed E-state index contributed by atoms with van der Waals surface area (Å²) in [5, 5.41) is 3.29. The molecule has 1 aromatic carbocycles. The van der Waals surface area contributed by atoms with E-state index >= 15 is 0 Å². The predicted octanol–water partition coefficient (Wildman–Crippen LogP) is 4.22. The largest absolute Gasteiger partial charge is 0.384 e. The third-order valence-electron chi connectivity index (χ3n) is 3.27. The van der Waals surface area contributed by atoms with E-state index in [9.17, 15) is 0 Å². The van der Waals surface area contributed by atoms with Crippen molar-refractivity contribution in [3.63, 3.8) is 0 Å². The molecule has 1 aromatic heterocycles. The lowest BCUT2D eigenvalue weighted by molar-refractivity contribution is 0.547. The lowest BCUT2D eigenvalue weighted by Gasteiger charge is -2.18. The summed E-state index contributed by atoms with van der Waals surface area (Å²) in [6, 6.07) is 10.1. The van der Waals surface area contributed by atoms with Crippen molar-refractivity contribution in [3.8, 4) is 0 Å². The van der Waals surface area contributed by atoms with Gasteiger partial charge in [0, 0.05) is 17.2 Å². The van der Waals surface area contributed by atoms with E-state index in [1.165, 1.54) is 5.56 Å². The highest BCUT2D eigenvalue weighted by molar-refractivity contribution is 5.59. The first-order valence-corrected chi connectivity index (χ1v) is 7.28. The number of nitrogens with zero attached hydrogens (tertiary/aromatic N) is 2. The number of nitrogen functional groups attached to an aromatic ring is 1. The summed E-state index contributed by atoms with van der Waals surface area (Å²) in [7, 11) is 0. The summed E-state index contributed by atoms with van der Waals surface area (Å²) < 4.78 is 0. The Kier molecular flexibility index (Phi) is 4.16. The predicted molar refractivity (Wildman–Crippen MR) is 89.0 cm³/mol. The van der Waals surface area contributed by atoms with Gasteiger partial charge < -0.3 is 11.1 Å². The van der Waals surface area contributed by atoms with Crippen molar-refractivity contribution in [2.24, 2.45) is 0 Å². The van der Waals surface area contributed by atoms with Crippen molar-refractivity contribution in [2.75, 3.05) is 11.1 Å². The Hall–Kier alpha value is -2.10. The lowest BCUT2D eigenvalue weighted by Crippen LogP contribution is -2.17. The molecule has 21 heavy (non-hydrogen) atoms. The van der Waals surface area contributed by atoms with Crippen LogP contribution < -0.4 is 11.1 Å². The van der Waals surface area contributed by atoms with Crippen LogP contribution in [-0.4, -0.2) is 9.97 Å². The number of nitrogens with one attached hydrogen (secondary N) is 1. The van der Waals surface area contributed by atoms with Crippen LogP contribution in [0.2, 0.25) is 0 Å². The van der Waals surface area contributed by atoms with Crippen LogP contribution in [0.3, 0.4) is 0 Å². The Morgan fingerprint density at radius 1 is 1.05 bits per heavy atom. The average Bonchev–Trinajstić information content (AvgIpc) is 2.37. The summed E-state index contributed by atoms with van der Waals surface area (Å²) in [6.07, 6.45) is 0. The number of nitrogens with two attached hydrogens (primary N) is 1. The maximum absolute atomic E-state index is 5.88. The number of hydrogen-bond acceptors (Lipinski definition) is 4. The first-order chi connectivity index (χ1) is 9.75. The standard InChI is InChI=1S/C17H24N4/c1-11(2)12-6-8-13(9-7-12)19-15-10-14(18)20-16(21-15)17(3,4)5/h6-11H,1-5H3,(H3,18,19,20,21). The second-order valence-electron chi connectivity index (χ2n) is 6.65. The number of hydrogen-bond donors (Lipinski definition) is 2. The fraction of sp³-hybridized carbons (Fsp3) is 0.412. The summed E-state index contributed by atoms with van der Waals surface area (Å²) in [6.45, 7) is 10.6. The van der Waals surface area contributed by atoms with Crippen molar-refractivity contribution >= 4 is 17.3 Å². The SMILES string of the molecule is CC(C)c1ccc(Nc2cc(N)nc(C(C)(C)C)n2)cc1. The summed E-state index contributed by atoms with van der Waals surface area (Å²) >= 11 is 0. The van der Waals surface area contributed by atoms with Crippen LogP contribution in [0.25, 0.3) is 0 Å². The van der Waals surface area contributed by atoms with E-state index in [0.717, 1.165) is 17.3 Å². The third kappa shape index (κ3) is 3.94.